The average molecular weight is 423 g/mol. The molecule has 1 fully saturated rings. The van der Waals surface area contributed by atoms with Crippen molar-refractivity contribution in [2.45, 2.75) is 63.3 Å². The van der Waals surface area contributed by atoms with E-state index in [9.17, 15) is 8.42 Å². The quantitative estimate of drug-likeness (QED) is 0.522. The summed E-state index contributed by atoms with van der Waals surface area (Å²) >= 11 is 0. The number of piperidine rings is 1. The van der Waals surface area contributed by atoms with Crippen LogP contribution in [0.15, 0.2) is 34.2 Å². The van der Waals surface area contributed by atoms with E-state index >= 15 is 0 Å². The van der Waals surface area contributed by atoms with Gasteiger partial charge in [0.15, 0.2) is 15.8 Å². The van der Waals surface area contributed by atoms with Crippen molar-refractivity contribution in [1.29, 1.82) is 0 Å². The van der Waals surface area contributed by atoms with Crippen molar-refractivity contribution in [2.24, 2.45) is 4.99 Å². The van der Waals surface area contributed by atoms with Gasteiger partial charge in [0.2, 0.25) is 0 Å². The van der Waals surface area contributed by atoms with Crippen LogP contribution >= 0.6 is 0 Å². The molecule has 0 radical (unpaired) electrons. The Labute approximate surface area is 177 Å². The number of nitrogens with zero attached hydrogens (tertiary/aromatic N) is 2. The summed E-state index contributed by atoms with van der Waals surface area (Å²) in [5.41, 5.74) is 1.14. The predicted molar refractivity (Wildman–Crippen MR) is 121 cm³/mol. The van der Waals surface area contributed by atoms with E-state index in [0.717, 1.165) is 38.0 Å². The molecule has 1 aromatic carbocycles. The zero-order valence-corrected chi connectivity index (χ0v) is 19.5. The van der Waals surface area contributed by atoms with Crippen molar-refractivity contribution in [3.8, 4) is 0 Å². The molecule has 0 spiro atoms. The molecule has 1 saturated heterocycles. The summed E-state index contributed by atoms with van der Waals surface area (Å²) in [5, 5.41) is 6.60. The molecule has 0 saturated carbocycles. The number of sulfone groups is 1. The summed E-state index contributed by atoms with van der Waals surface area (Å²) in [4.78, 5) is 7.12. The summed E-state index contributed by atoms with van der Waals surface area (Å²) in [5.74, 6) is 0.717. The van der Waals surface area contributed by atoms with Gasteiger partial charge in [-0.3, -0.25) is 4.99 Å². The molecule has 2 N–H and O–H groups in total. The Balaban J connectivity index is 1.82. The fourth-order valence-electron chi connectivity index (χ4n) is 3.59. The van der Waals surface area contributed by atoms with E-state index in [1.54, 1.807) is 19.2 Å². The van der Waals surface area contributed by atoms with Crippen LogP contribution in [0.4, 0.5) is 0 Å². The lowest BCUT2D eigenvalue weighted by atomic mass is 9.87. The summed E-state index contributed by atoms with van der Waals surface area (Å²) in [6, 6.07) is 7.63. The number of hydrogen-bond donors (Lipinski definition) is 2. The minimum Gasteiger partial charge on any atom is -0.355 e. The highest BCUT2D eigenvalue weighted by Crippen LogP contribution is 2.23. The third kappa shape index (κ3) is 7.30. The SMILES string of the molecule is CCCN1CCC(NC(=NC)NCCS(=O)(=O)c2ccc(C(C)(C)C)cc2)CC1. The fraction of sp³-hybridized carbons (Fsp3) is 0.682. The van der Waals surface area contributed by atoms with Crippen LogP contribution < -0.4 is 10.6 Å². The molecule has 0 bridgehead atoms. The Morgan fingerprint density at radius 2 is 1.79 bits per heavy atom. The van der Waals surface area contributed by atoms with Gasteiger partial charge in [-0.2, -0.15) is 0 Å². The first-order chi connectivity index (χ1) is 13.7. The average Bonchev–Trinajstić information content (AvgIpc) is 2.68. The maximum Gasteiger partial charge on any atom is 0.191 e. The smallest absolute Gasteiger partial charge is 0.191 e. The van der Waals surface area contributed by atoms with Gasteiger partial charge < -0.3 is 15.5 Å². The lowest BCUT2D eigenvalue weighted by molar-refractivity contribution is 0.206. The Hall–Kier alpha value is -1.60. The van der Waals surface area contributed by atoms with E-state index in [-0.39, 0.29) is 11.2 Å². The van der Waals surface area contributed by atoms with Crippen LogP contribution in [-0.2, 0) is 15.3 Å². The number of aliphatic imine (C=N–C) groups is 1. The van der Waals surface area contributed by atoms with Crippen molar-refractivity contribution in [3.63, 3.8) is 0 Å². The molecule has 7 heteroatoms. The van der Waals surface area contributed by atoms with E-state index in [0.29, 0.717) is 23.4 Å². The monoisotopic (exact) mass is 422 g/mol. The summed E-state index contributed by atoms with van der Waals surface area (Å²) in [7, 11) is -1.60. The highest BCUT2D eigenvalue weighted by Gasteiger charge is 2.20. The minimum absolute atomic E-state index is 0.00863. The van der Waals surface area contributed by atoms with E-state index in [2.05, 4.69) is 48.2 Å². The lowest BCUT2D eigenvalue weighted by Crippen LogP contribution is -2.49. The summed E-state index contributed by atoms with van der Waals surface area (Å²) in [6.45, 7) is 12.3. The number of likely N-dealkylation sites (tertiary alicyclic amines) is 1. The van der Waals surface area contributed by atoms with Gasteiger partial charge in [-0.15, -0.1) is 0 Å². The second-order valence-electron chi connectivity index (χ2n) is 8.85. The molecular formula is C22H38N4O2S. The third-order valence-electron chi connectivity index (χ3n) is 5.43. The molecule has 6 nitrogen and oxygen atoms in total. The van der Waals surface area contributed by atoms with Crippen LogP contribution in [0.2, 0.25) is 0 Å². The van der Waals surface area contributed by atoms with Gasteiger partial charge in [0.25, 0.3) is 0 Å². The van der Waals surface area contributed by atoms with Gasteiger partial charge in [0.1, 0.15) is 0 Å². The zero-order chi connectivity index (χ0) is 21.5. The molecule has 164 valence electrons. The van der Waals surface area contributed by atoms with Crippen LogP contribution in [-0.4, -0.2) is 64.3 Å². The molecular weight excluding hydrogens is 384 g/mol. The molecule has 2 rings (SSSR count). The molecule has 1 aliphatic rings. The van der Waals surface area contributed by atoms with Gasteiger partial charge in [0.05, 0.1) is 10.6 Å². The maximum atomic E-state index is 12.6. The zero-order valence-electron chi connectivity index (χ0n) is 18.7. The van der Waals surface area contributed by atoms with Crippen LogP contribution in [0.1, 0.15) is 52.5 Å². The minimum atomic E-state index is -3.33. The predicted octanol–water partition coefficient (Wildman–Crippen LogP) is 2.80. The third-order valence-corrected chi connectivity index (χ3v) is 7.17. The molecule has 1 aromatic rings. The largest absolute Gasteiger partial charge is 0.355 e. The summed E-state index contributed by atoms with van der Waals surface area (Å²) in [6.07, 6.45) is 3.35. The van der Waals surface area contributed by atoms with Crippen molar-refractivity contribution in [3.05, 3.63) is 29.8 Å². The Kier molecular flexibility index (Phi) is 8.52. The molecule has 0 atom stereocenters. The molecule has 1 heterocycles. The molecule has 0 aliphatic carbocycles. The fourth-order valence-corrected chi connectivity index (χ4v) is 4.75. The van der Waals surface area contributed by atoms with Gasteiger partial charge in [-0.05, 0) is 48.9 Å². The van der Waals surface area contributed by atoms with Crippen molar-refractivity contribution in [1.82, 2.24) is 15.5 Å². The maximum absolute atomic E-state index is 12.6. The number of nitrogens with one attached hydrogen (secondary N) is 2. The first kappa shape index (κ1) is 23.7. The second-order valence-corrected chi connectivity index (χ2v) is 11.0. The number of hydrogen-bond acceptors (Lipinski definition) is 4. The molecule has 0 amide bonds. The highest BCUT2D eigenvalue weighted by atomic mass is 32.2. The van der Waals surface area contributed by atoms with E-state index in [4.69, 9.17) is 0 Å². The molecule has 29 heavy (non-hydrogen) atoms. The van der Waals surface area contributed by atoms with Crippen LogP contribution in [0, 0.1) is 0 Å². The number of guanidine groups is 1. The van der Waals surface area contributed by atoms with Crippen LogP contribution in [0.25, 0.3) is 0 Å². The van der Waals surface area contributed by atoms with Gasteiger partial charge >= 0.3 is 0 Å². The lowest BCUT2D eigenvalue weighted by Gasteiger charge is -2.32. The first-order valence-corrected chi connectivity index (χ1v) is 12.3. The summed E-state index contributed by atoms with van der Waals surface area (Å²) < 4.78 is 25.3. The standard InChI is InChI=1S/C22H38N4O2S/c1-6-14-26-15-11-19(12-16-26)25-21(23-5)24-13-17-29(27,28)20-9-7-18(8-10-20)22(2,3)4/h7-10,19H,6,11-17H2,1-5H3,(H2,23,24,25). The van der Waals surface area contributed by atoms with Crippen molar-refractivity contribution in [2.75, 3.05) is 39.0 Å². The molecule has 1 aliphatic heterocycles. The van der Waals surface area contributed by atoms with Crippen LogP contribution in [0.3, 0.4) is 0 Å². The normalized spacial score (nSPS) is 17.3. The number of benzene rings is 1. The molecule has 0 unspecified atom stereocenters. The van der Waals surface area contributed by atoms with Gasteiger partial charge in [-0.25, -0.2) is 8.42 Å². The highest BCUT2D eigenvalue weighted by molar-refractivity contribution is 7.91. The Bertz CT molecular complexity index is 759. The van der Waals surface area contributed by atoms with Gasteiger partial charge in [-0.1, -0.05) is 39.8 Å². The second kappa shape index (κ2) is 10.4. The topological polar surface area (TPSA) is 73.8 Å². The first-order valence-electron chi connectivity index (χ1n) is 10.7. The van der Waals surface area contributed by atoms with Crippen molar-refractivity contribution >= 4 is 15.8 Å². The van der Waals surface area contributed by atoms with Crippen LogP contribution in [0.5, 0.6) is 0 Å². The Morgan fingerprint density at radius 1 is 1.17 bits per heavy atom. The Morgan fingerprint density at radius 3 is 2.31 bits per heavy atom. The van der Waals surface area contributed by atoms with E-state index < -0.39 is 9.84 Å². The van der Waals surface area contributed by atoms with E-state index in [1.165, 1.54) is 6.42 Å². The van der Waals surface area contributed by atoms with Gasteiger partial charge in [0, 0.05) is 32.7 Å². The van der Waals surface area contributed by atoms with Crippen molar-refractivity contribution < 1.29 is 8.42 Å². The molecule has 0 aromatic heterocycles. The van der Waals surface area contributed by atoms with E-state index in [1.807, 2.05) is 12.1 Å². The number of rotatable bonds is 7.